The summed E-state index contributed by atoms with van der Waals surface area (Å²) in [6, 6.07) is 9.69. The van der Waals surface area contributed by atoms with Crippen molar-refractivity contribution in [2.45, 2.75) is 19.9 Å². The van der Waals surface area contributed by atoms with Crippen molar-refractivity contribution in [1.82, 2.24) is 14.9 Å². The molecule has 1 fully saturated rings. The number of urea groups is 1. The van der Waals surface area contributed by atoms with Crippen molar-refractivity contribution in [1.29, 1.82) is 0 Å². The van der Waals surface area contributed by atoms with Gasteiger partial charge in [-0.15, -0.1) is 0 Å². The first-order chi connectivity index (χ1) is 13.3. The predicted molar refractivity (Wildman–Crippen MR) is 114 cm³/mol. The normalized spacial score (nSPS) is 17.0. The van der Waals surface area contributed by atoms with E-state index < -0.39 is 0 Å². The summed E-state index contributed by atoms with van der Waals surface area (Å²) >= 11 is 5.94. The van der Waals surface area contributed by atoms with E-state index in [0.29, 0.717) is 25.6 Å². The fourth-order valence-electron chi connectivity index (χ4n) is 3.38. The van der Waals surface area contributed by atoms with Gasteiger partial charge >= 0.3 is 6.03 Å². The van der Waals surface area contributed by atoms with E-state index in [9.17, 15) is 4.79 Å². The van der Waals surface area contributed by atoms with Crippen LogP contribution < -0.4 is 15.1 Å². The van der Waals surface area contributed by atoms with Gasteiger partial charge in [0.1, 0.15) is 5.82 Å². The summed E-state index contributed by atoms with van der Waals surface area (Å²) in [6.07, 6.45) is 1.66. The number of nitrogens with one attached hydrogen (secondary N) is 1. The maximum absolute atomic E-state index is 12.9. The van der Waals surface area contributed by atoms with Crippen LogP contribution in [0.3, 0.4) is 0 Å². The van der Waals surface area contributed by atoms with Crippen LogP contribution in [-0.2, 0) is 0 Å². The molecule has 3 rings (SSSR count). The average Bonchev–Trinajstić information content (AvgIpc) is 2.67. The van der Waals surface area contributed by atoms with E-state index in [1.807, 2.05) is 54.2 Å². The van der Waals surface area contributed by atoms with Crippen LogP contribution in [0, 0.1) is 5.92 Å². The van der Waals surface area contributed by atoms with E-state index in [4.69, 9.17) is 11.6 Å². The topological polar surface area (TPSA) is 64.6 Å². The second-order valence-corrected chi connectivity index (χ2v) is 7.84. The molecule has 1 aromatic carbocycles. The van der Waals surface area contributed by atoms with Gasteiger partial charge in [0.25, 0.3) is 0 Å². The van der Waals surface area contributed by atoms with Crippen LogP contribution >= 0.6 is 11.6 Å². The number of benzene rings is 1. The van der Waals surface area contributed by atoms with Crippen molar-refractivity contribution >= 4 is 34.8 Å². The molecule has 1 unspecified atom stereocenters. The lowest BCUT2D eigenvalue weighted by Gasteiger charge is -2.43. The van der Waals surface area contributed by atoms with Crippen molar-refractivity contribution in [2.24, 2.45) is 5.92 Å². The molecule has 0 spiro atoms. The summed E-state index contributed by atoms with van der Waals surface area (Å²) in [5.74, 6) is 1.10. The summed E-state index contributed by atoms with van der Waals surface area (Å²) in [4.78, 5) is 27.3. The molecule has 1 aliphatic rings. The summed E-state index contributed by atoms with van der Waals surface area (Å²) in [7, 11) is 3.98. The monoisotopic (exact) mass is 402 g/mol. The molecule has 1 N–H and O–H groups in total. The highest BCUT2D eigenvalue weighted by molar-refractivity contribution is 6.28. The van der Waals surface area contributed by atoms with Gasteiger partial charge < -0.3 is 20.0 Å². The Morgan fingerprint density at radius 2 is 1.93 bits per heavy atom. The zero-order chi connectivity index (χ0) is 20.3. The number of halogens is 1. The molecule has 2 aromatic rings. The third-order valence-corrected chi connectivity index (χ3v) is 5.20. The second kappa shape index (κ2) is 8.65. The predicted octanol–water partition coefficient (Wildman–Crippen LogP) is 3.57. The minimum Gasteiger partial charge on any atom is -0.378 e. The van der Waals surface area contributed by atoms with Crippen LogP contribution in [0.25, 0.3) is 0 Å². The number of hydrogen-bond donors (Lipinski definition) is 1. The third-order valence-electron chi connectivity index (χ3n) is 5.02. The quantitative estimate of drug-likeness (QED) is 0.792. The van der Waals surface area contributed by atoms with Gasteiger partial charge in [0.15, 0.2) is 0 Å². The van der Waals surface area contributed by atoms with Gasteiger partial charge in [-0.2, -0.15) is 0 Å². The molecular formula is C20H27ClN6O. The largest absolute Gasteiger partial charge is 0.378 e. The van der Waals surface area contributed by atoms with Crippen molar-refractivity contribution in [3.8, 4) is 0 Å². The highest BCUT2D eigenvalue weighted by Crippen LogP contribution is 2.23. The third kappa shape index (κ3) is 4.65. The molecule has 2 heterocycles. The van der Waals surface area contributed by atoms with E-state index in [1.54, 1.807) is 6.20 Å². The van der Waals surface area contributed by atoms with Gasteiger partial charge in [0, 0.05) is 51.3 Å². The molecule has 1 aromatic heterocycles. The molecule has 150 valence electrons. The first-order valence-electron chi connectivity index (χ1n) is 9.43. The van der Waals surface area contributed by atoms with Crippen LogP contribution in [0.4, 0.5) is 22.0 Å². The molecule has 7 nitrogen and oxygen atoms in total. The number of nitrogens with zero attached hydrogens (tertiary/aromatic N) is 5. The van der Waals surface area contributed by atoms with Gasteiger partial charge in [-0.05, 0) is 47.9 Å². The lowest BCUT2D eigenvalue weighted by atomic mass is 10.00. The van der Waals surface area contributed by atoms with E-state index in [2.05, 4.69) is 34.0 Å². The molecule has 1 atom stereocenters. The standard InChI is InChI=1S/C20H27ClN6O/c1-14(2)17-13-26(18-9-10-22-19(21)24-18)11-12-27(17)20(28)23-15-5-7-16(8-6-15)25(3)4/h5-10,14,17H,11-13H2,1-4H3,(H,23,28). The number of amides is 2. The second-order valence-electron chi connectivity index (χ2n) is 7.51. The fraction of sp³-hybridized carbons (Fsp3) is 0.450. The van der Waals surface area contributed by atoms with Crippen molar-refractivity contribution in [3.05, 3.63) is 41.8 Å². The maximum atomic E-state index is 12.9. The summed E-state index contributed by atoms with van der Waals surface area (Å²) < 4.78 is 0. The Morgan fingerprint density at radius 1 is 1.21 bits per heavy atom. The van der Waals surface area contributed by atoms with Crippen LogP contribution in [0.2, 0.25) is 5.28 Å². The van der Waals surface area contributed by atoms with Crippen molar-refractivity contribution in [2.75, 3.05) is 48.8 Å². The maximum Gasteiger partial charge on any atom is 0.322 e. The van der Waals surface area contributed by atoms with Gasteiger partial charge in [0.2, 0.25) is 5.28 Å². The average molecular weight is 403 g/mol. The van der Waals surface area contributed by atoms with Crippen LogP contribution in [0.1, 0.15) is 13.8 Å². The number of carbonyl (C=O) groups is 1. The Hall–Kier alpha value is -2.54. The Balaban J connectivity index is 1.69. The molecule has 0 radical (unpaired) electrons. The highest BCUT2D eigenvalue weighted by atomic mass is 35.5. The molecule has 0 aliphatic carbocycles. The Labute approximate surface area is 171 Å². The van der Waals surface area contributed by atoms with E-state index in [0.717, 1.165) is 17.2 Å². The Morgan fingerprint density at radius 3 is 2.54 bits per heavy atom. The summed E-state index contributed by atoms with van der Waals surface area (Å²) in [5, 5.41) is 3.27. The number of rotatable bonds is 4. The van der Waals surface area contributed by atoms with E-state index in [-0.39, 0.29) is 17.4 Å². The minimum atomic E-state index is -0.0725. The molecule has 1 aliphatic heterocycles. The first kappa shape index (κ1) is 20.2. The molecule has 8 heteroatoms. The summed E-state index contributed by atoms with van der Waals surface area (Å²) in [5.41, 5.74) is 1.89. The van der Waals surface area contributed by atoms with Gasteiger partial charge in [-0.25, -0.2) is 14.8 Å². The zero-order valence-corrected chi connectivity index (χ0v) is 17.5. The highest BCUT2D eigenvalue weighted by Gasteiger charge is 2.33. The summed E-state index contributed by atoms with van der Waals surface area (Å²) in [6.45, 7) is 6.29. The van der Waals surface area contributed by atoms with Crippen molar-refractivity contribution in [3.63, 3.8) is 0 Å². The molecule has 1 saturated heterocycles. The number of aromatic nitrogens is 2. The number of piperazine rings is 1. The van der Waals surface area contributed by atoms with Gasteiger partial charge in [-0.3, -0.25) is 0 Å². The molecule has 2 amide bonds. The van der Waals surface area contributed by atoms with Crippen LogP contribution in [0.15, 0.2) is 36.5 Å². The van der Waals surface area contributed by atoms with Gasteiger partial charge in [0.05, 0.1) is 6.04 Å². The SMILES string of the molecule is CC(C)C1CN(c2ccnc(Cl)n2)CCN1C(=O)Nc1ccc(N(C)C)cc1. The molecular weight excluding hydrogens is 376 g/mol. The Kier molecular flexibility index (Phi) is 6.24. The zero-order valence-electron chi connectivity index (χ0n) is 16.8. The van der Waals surface area contributed by atoms with E-state index in [1.165, 1.54) is 0 Å². The smallest absolute Gasteiger partial charge is 0.322 e. The van der Waals surface area contributed by atoms with E-state index >= 15 is 0 Å². The lowest BCUT2D eigenvalue weighted by molar-refractivity contribution is 0.156. The molecule has 0 saturated carbocycles. The van der Waals surface area contributed by atoms with Crippen LogP contribution in [-0.4, -0.2) is 60.7 Å². The fourth-order valence-corrected chi connectivity index (χ4v) is 3.52. The number of hydrogen-bond acceptors (Lipinski definition) is 5. The Bertz CT molecular complexity index is 811. The lowest BCUT2D eigenvalue weighted by Crippen LogP contribution is -2.58. The molecule has 0 bridgehead atoms. The van der Waals surface area contributed by atoms with Crippen LogP contribution in [0.5, 0.6) is 0 Å². The van der Waals surface area contributed by atoms with Crippen molar-refractivity contribution < 1.29 is 4.79 Å². The molecule has 28 heavy (non-hydrogen) atoms. The minimum absolute atomic E-state index is 0.0725. The first-order valence-corrected chi connectivity index (χ1v) is 9.81. The number of anilines is 3. The van der Waals surface area contributed by atoms with Gasteiger partial charge in [-0.1, -0.05) is 13.8 Å². The number of carbonyl (C=O) groups excluding carboxylic acids is 1.